The van der Waals surface area contributed by atoms with Crippen molar-refractivity contribution >= 4 is 11.9 Å². The Morgan fingerprint density at radius 3 is 2.32 bits per heavy atom. The number of urea groups is 1. The van der Waals surface area contributed by atoms with Crippen LogP contribution in [0.4, 0.5) is 9.18 Å². The van der Waals surface area contributed by atoms with E-state index >= 15 is 0 Å². The van der Waals surface area contributed by atoms with Crippen molar-refractivity contribution in [2.24, 2.45) is 11.7 Å². The number of benzene rings is 1. The molecule has 1 aromatic carbocycles. The molecule has 1 atom stereocenters. The Bertz CT molecular complexity index is 446. The number of hydrogen-bond donors (Lipinski definition) is 3. The van der Waals surface area contributed by atoms with Crippen LogP contribution < -0.4 is 16.4 Å². The highest BCUT2D eigenvalue weighted by atomic mass is 19.1. The third kappa shape index (κ3) is 4.95. The molecule has 0 bridgehead atoms. The first-order valence-corrected chi connectivity index (χ1v) is 5.98. The smallest absolute Gasteiger partial charge is 0.312 e. The topological polar surface area (TPSA) is 84.2 Å². The molecule has 0 saturated heterocycles. The quantitative estimate of drug-likeness (QED) is 0.747. The summed E-state index contributed by atoms with van der Waals surface area (Å²) in [6.07, 6.45) is 0. The molecule has 0 aliphatic carbocycles. The van der Waals surface area contributed by atoms with Crippen molar-refractivity contribution < 1.29 is 14.0 Å². The van der Waals surface area contributed by atoms with E-state index in [0.717, 1.165) is 5.56 Å². The van der Waals surface area contributed by atoms with Crippen LogP contribution in [-0.2, 0) is 11.3 Å². The van der Waals surface area contributed by atoms with Crippen molar-refractivity contribution in [2.75, 3.05) is 0 Å². The van der Waals surface area contributed by atoms with Crippen LogP contribution in [0.15, 0.2) is 24.3 Å². The van der Waals surface area contributed by atoms with Gasteiger partial charge in [0.1, 0.15) is 11.9 Å². The lowest BCUT2D eigenvalue weighted by Crippen LogP contribution is -2.51. The number of nitrogens with one attached hydrogen (secondary N) is 2. The summed E-state index contributed by atoms with van der Waals surface area (Å²) in [6, 6.07) is 4.39. The first-order valence-electron chi connectivity index (χ1n) is 5.98. The number of carbonyl (C=O) groups excluding carboxylic acids is 2. The highest BCUT2D eigenvalue weighted by molar-refractivity contribution is 5.86. The minimum atomic E-state index is -0.740. The number of nitrogens with two attached hydrogens (primary N) is 1. The third-order valence-corrected chi connectivity index (χ3v) is 2.63. The minimum absolute atomic E-state index is 0.0827. The molecule has 0 aliphatic rings. The van der Waals surface area contributed by atoms with Gasteiger partial charge in [0.15, 0.2) is 0 Å². The van der Waals surface area contributed by atoms with Crippen LogP contribution in [0.2, 0.25) is 0 Å². The highest BCUT2D eigenvalue weighted by Crippen LogP contribution is 2.04. The number of primary amides is 1. The molecule has 0 saturated carbocycles. The molecule has 0 aromatic heterocycles. The maximum atomic E-state index is 12.7. The van der Waals surface area contributed by atoms with Crippen LogP contribution in [-0.4, -0.2) is 18.0 Å². The van der Waals surface area contributed by atoms with Crippen molar-refractivity contribution in [3.05, 3.63) is 35.6 Å². The number of halogens is 1. The zero-order valence-electron chi connectivity index (χ0n) is 10.9. The maximum Gasteiger partial charge on any atom is 0.312 e. The van der Waals surface area contributed by atoms with Crippen LogP contribution in [0.5, 0.6) is 0 Å². The van der Waals surface area contributed by atoms with Crippen LogP contribution >= 0.6 is 0 Å². The Morgan fingerprint density at radius 1 is 1.26 bits per heavy atom. The van der Waals surface area contributed by atoms with Crippen molar-refractivity contribution in [1.29, 1.82) is 0 Å². The number of hydrogen-bond acceptors (Lipinski definition) is 2. The van der Waals surface area contributed by atoms with Gasteiger partial charge in [-0.1, -0.05) is 26.0 Å². The van der Waals surface area contributed by atoms with Gasteiger partial charge < -0.3 is 16.4 Å². The molecule has 6 heteroatoms. The van der Waals surface area contributed by atoms with Crippen molar-refractivity contribution in [1.82, 2.24) is 10.6 Å². The lowest BCUT2D eigenvalue weighted by molar-refractivity contribution is -0.124. The predicted octanol–water partition coefficient (Wildman–Crippen LogP) is 1.13. The van der Waals surface area contributed by atoms with Crippen LogP contribution in [0.1, 0.15) is 19.4 Å². The first kappa shape index (κ1) is 14.9. The lowest BCUT2D eigenvalue weighted by Gasteiger charge is -2.20. The van der Waals surface area contributed by atoms with E-state index in [1.807, 2.05) is 0 Å². The minimum Gasteiger partial charge on any atom is -0.352 e. The molecule has 1 rings (SSSR count). The van der Waals surface area contributed by atoms with Gasteiger partial charge in [-0.2, -0.15) is 0 Å². The van der Waals surface area contributed by atoms with E-state index < -0.39 is 12.1 Å². The molecule has 0 radical (unpaired) electrons. The summed E-state index contributed by atoms with van der Waals surface area (Å²) in [5.74, 6) is -0.732. The third-order valence-electron chi connectivity index (χ3n) is 2.63. The molecule has 19 heavy (non-hydrogen) atoms. The van der Waals surface area contributed by atoms with Gasteiger partial charge in [0.05, 0.1) is 0 Å². The van der Waals surface area contributed by atoms with Gasteiger partial charge in [0.2, 0.25) is 5.91 Å². The molecular weight excluding hydrogens is 249 g/mol. The zero-order valence-corrected chi connectivity index (χ0v) is 10.9. The molecule has 1 aromatic rings. The Hall–Kier alpha value is -2.11. The average molecular weight is 267 g/mol. The normalized spacial score (nSPS) is 12.0. The van der Waals surface area contributed by atoms with Gasteiger partial charge in [-0.15, -0.1) is 0 Å². The molecule has 0 spiro atoms. The summed E-state index contributed by atoms with van der Waals surface area (Å²) in [5, 5.41) is 5.06. The Morgan fingerprint density at radius 2 is 1.84 bits per heavy atom. The Labute approximate surface area is 111 Å². The van der Waals surface area contributed by atoms with Gasteiger partial charge in [-0.05, 0) is 23.6 Å². The van der Waals surface area contributed by atoms with Crippen molar-refractivity contribution in [3.8, 4) is 0 Å². The SMILES string of the molecule is CC(C)C(NC(N)=O)C(=O)NCc1ccc(F)cc1. The van der Waals surface area contributed by atoms with E-state index in [1.165, 1.54) is 12.1 Å². The summed E-state index contributed by atoms with van der Waals surface area (Å²) in [7, 11) is 0. The van der Waals surface area contributed by atoms with Crippen LogP contribution in [0, 0.1) is 11.7 Å². The van der Waals surface area contributed by atoms with E-state index in [4.69, 9.17) is 5.73 Å². The number of amides is 3. The molecule has 0 heterocycles. The van der Waals surface area contributed by atoms with E-state index in [9.17, 15) is 14.0 Å². The summed E-state index contributed by atoms with van der Waals surface area (Å²) >= 11 is 0. The van der Waals surface area contributed by atoms with Gasteiger partial charge in [-0.3, -0.25) is 4.79 Å². The predicted molar refractivity (Wildman–Crippen MR) is 69.6 cm³/mol. The highest BCUT2D eigenvalue weighted by Gasteiger charge is 2.22. The van der Waals surface area contributed by atoms with E-state index in [0.29, 0.717) is 0 Å². The maximum absolute atomic E-state index is 12.7. The van der Waals surface area contributed by atoms with Gasteiger partial charge in [0.25, 0.3) is 0 Å². The molecule has 1 unspecified atom stereocenters. The van der Waals surface area contributed by atoms with E-state index in [-0.39, 0.29) is 24.2 Å². The molecule has 0 fully saturated rings. The van der Waals surface area contributed by atoms with Crippen molar-refractivity contribution in [3.63, 3.8) is 0 Å². The zero-order chi connectivity index (χ0) is 14.4. The lowest BCUT2D eigenvalue weighted by atomic mass is 10.0. The van der Waals surface area contributed by atoms with Gasteiger partial charge >= 0.3 is 6.03 Å². The van der Waals surface area contributed by atoms with E-state index in [1.54, 1.807) is 26.0 Å². The summed E-state index contributed by atoms with van der Waals surface area (Å²) in [5.41, 5.74) is 5.80. The Balaban J connectivity index is 2.57. The second-order valence-corrected chi connectivity index (χ2v) is 4.57. The largest absolute Gasteiger partial charge is 0.352 e. The molecular formula is C13H18FN3O2. The second-order valence-electron chi connectivity index (χ2n) is 4.57. The standard InChI is InChI=1S/C13H18FN3O2/c1-8(2)11(17-13(15)19)12(18)16-7-9-3-5-10(14)6-4-9/h3-6,8,11H,7H2,1-2H3,(H,16,18)(H3,15,17,19). The average Bonchev–Trinajstić information content (AvgIpc) is 2.34. The first-order chi connectivity index (χ1) is 8.90. The summed E-state index contributed by atoms with van der Waals surface area (Å²) < 4.78 is 12.7. The van der Waals surface area contributed by atoms with Gasteiger partial charge in [0, 0.05) is 6.54 Å². The molecule has 104 valence electrons. The molecule has 0 aliphatic heterocycles. The number of rotatable bonds is 5. The molecule has 4 N–H and O–H groups in total. The monoisotopic (exact) mass is 267 g/mol. The summed E-state index contributed by atoms with van der Waals surface area (Å²) in [4.78, 5) is 22.7. The summed E-state index contributed by atoms with van der Waals surface area (Å²) in [6.45, 7) is 3.87. The van der Waals surface area contributed by atoms with E-state index in [2.05, 4.69) is 10.6 Å². The number of carbonyl (C=O) groups is 2. The van der Waals surface area contributed by atoms with Crippen LogP contribution in [0.25, 0.3) is 0 Å². The second kappa shape index (κ2) is 6.72. The van der Waals surface area contributed by atoms with Crippen molar-refractivity contribution in [2.45, 2.75) is 26.4 Å². The van der Waals surface area contributed by atoms with Gasteiger partial charge in [-0.25, -0.2) is 9.18 Å². The van der Waals surface area contributed by atoms with Crippen LogP contribution in [0.3, 0.4) is 0 Å². The fourth-order valence-electron chi connectivity index (χ4n) is 1.59. The Kier molecular flexibility index (Phi) is 5.29. The molecule has 5 nitrogen and oxygen atoms in total. The fraction of sp³-hybridized carbons (Fsp3) is 0.385. The molecule has 3 amide bonds. The fourth-order valence-corrected chi connectivity index (χ4v) is 1.59.